The van der Waals surface area contributed by atoms with Crippen LogP contribution < -0.4 is 10.2 Å². The Balaban J connectivity index is 1.72. The van der Waals surface area contributed by atoms with Crippen molar-refractivity contribution in [3.8, 4) is 0 Å². The smallest absolute Gasteiger partial charge is 0.259 e. The van der Waals surface area contributed by atoms with Gasteiger partial charge in [-0.25, -0.2) is 4.39 Å². The van der Waals surface area contributed by atoms with Crippen LogP contribution in [0.4, 0.5) is 10.1 Å². The van der Waals surface area contributed by atoms with Gasteiger partial charge in [0, 0.05) is 21.9 Å². The Kier molecular flexibility index (Phi) is 6.61. The second kappa shape index (κ2) is 9.57. The van der Waals surface area contributed by atoms with Crippen LogP contribution in [0, 0.1) is 11.7 Å². The maximum atomic E-state index is 13.8. The van der Waals surface area contributed by atoms with E-state index in [1.807, 2.05) is 24.3 Å². The van der Waals surface area contributed by atoms with E-state index in [1.165, 1.54) is 23.9 Å². The third kappa shape index (κ3) is 4.86. The molecule has 164 valence electrons. The molecule has 0 unspecified atom stereocenters. The Morgan fingerprint density at radius 3 is 2.62 bits per heavy atom. The Morgan fingerprint density at radius 1 is 1.03 bits per heavy atom. The van der Waals surface area contributed by atoms with Gasteiger partial charge in [0.15, 0.2) is 0 Å². The van der Waals surface area contributed by atoms with Gasteiger partial charge >= 0.3 is 0 Å². The van der Waals surface area contributed by atoms with E-state index in [0.29, 0.717) is 34.8 Å². The predicted octanol–water partition coefficient (Wildman–Crippen LogP) is 5.91. The number of carbonyl (C=O) groups is 2. The highest BCUT2D eigenvalue weighted by Gasteiger charge is 2.28. The first-order valence-electron chi connectivity index (χ1n) is 10.7. The van der Waals surface area contributed by atoms with Gasteiger partial charge in [-0.15, -0.1) is 0 Å². The van der Waals surface area contributed by atoms with Crippen molar-refractivity contribution in [1.29, 1.82) is 0 Å². The van der Waals surface area contributed by atoms with Gasteiger partial charge in [0.1, 0.15) is 5.82 Å². The maximum Gasteiger partial charge on any atom is 0.259 e. The lowest BCUT2D eigenvalue weighted by atomic mass is 10.1. The van der Waals surface area contributed by atoms with Crippen molar-refractivity contribution in [2.45, 2.75) is 36.6 Å². The molecule has 3 aromatic rings. The lowest BCUT2D eigenvalue weighted by molar-refractivity contribution is 0.0948. The van der Waals surface area contributed by atoms with Crippen LogP contribution in [0.15, 0.2) is 76.5 Å². The molecule has 32 heavy (non-hydrogen) atoms. The van der Waals surface area contributed by atoms with Crippen molar-refractivity contribution in [1.82, 2.24) is 5.32 Å². The van der Waals surface area contributed by atoms with Crippen LogP contribution in [0.1, 0.15) is 46.5 Å². The van der Waals surface area contributed by atoms with Gasteiger partial charge in [0.25, 0.3) is 11.8 Å². The largest absolute Gasteiger partial charge is 0.352 e. The molecule has 0 fully saturated rings. The molecule has 2 amide bonds. The first-order chi connectivity index (χ1) is 15.4. The van der Waals surface area contributed by atoms with Crippen LogP contribution >= 0.6 is 11.8 Å². The number of hydrogen-bond acceptors (Lipinski definition) is 3. The van der Waals surface area contributed by atoms with Crippen molar-refractivity contribution < 1.29 is 14.0 Å². The van der Waals surface area contributed by atoms with Crippen LogP contribution in [0.2, 0.25) is 0 Å². The summed E-state index contributed by atoms with van der Waals surface area (Å²) in [6.45, 7) is 5.02. The number of nitrogens with zero attached hydrogens (tertiary/aromatic N) is 1. The number of anilines is 1. The number of hydrogen-bond donors (Lipinski definition) is 1. The van der Waals surface area contributed by atoms with Gasteiger partial charge in [0.2, 0.25) is 0 Å². The molecule has 0 atom stereocenters. The van der Waals surface area contributed by atoms with E-state index >= 15 is 0 Å². The summed E-state index contributed by atoms with van der Waals surface area (Å²) in [6, 6.07) is 19.1. The molecule has 0 bridgehead atoms. The standard InChI is InChI=1S/C26H25FN2O2S/c1-17(2)12-13-28-25(30)19-10-11-24-22(15-19)29(16-18-6-5-7-20(27)14-18)26(31)21-8-3-4-9-23(21)32-24/h3-11,14-15,17H,12-13,16H2,1-2H3,(H,28,30). The number of amides is 2. The van der Waals surface area contributed by atoms with E-state index < -0.39 is 0 Å². The molecule has 3 aromatic carbocycles. The first kappa shape index (κ1) is 22.1. The number of benzene rings is 3. The maximum absolute atomic E-state index is 13.8. The van der Waals surface area contributed by atoms with Crippen LogP contribution in [-0.4, -0.2) is 18.4 Å². The molecule has 4 rings (SSSR count). The number of halogens is 1. The average Bonchev–Trinajstić information content (AvgIpc) is 2.88. The van der Waals surface area contributed by atoms with Gasteiger partial charge in [-0.2, -0.15) is 0 Å². The Labute approximate surface area is 191 Å². The molecule has 0 saturated heterocycles. The molecule has 6 heteroatoms. The molecule has 0 aliphatic carbocycles. The number of rotatable bonds is 6. The molecule has 0 spiro atoms. The third-order valence-electron chi connectivity index (χ3n) is 5.33. The molecule has 1 aliphatic rings. The summed E-state index contributed by atoms with van der Waals surface area (Å²) in [5.41, 5.74) is 2.42. The summed E-state index contributed by atoms with van der Waals surface area (Å²) in [5.74, 6) is -0.193. The zero-order valence-corrected chi connectivity index (χ0v) is 18.9. The van der Waals surface area contributed by atoms with Crippen LogP contribution in [0.25, 0.3) is 0 Å². The van der Waals surface area contributed by atoms with Crippen LogP contribution in [0.3, 0.4) is 0 Å². The number of carbonyl (C=O) groups excluding carboxylic acids is 2. The van der Waals surface area contributed by atoms with Crippen LogP contribution in [0.5, 0.6) is 0 Å². The SMILES string of the molecule is CC(C)CCNC(=O)c1ccc2c(c1)N(Cc1cccc(F)c1)C(=O)c1ccccc1S2. The second-order valence-corrected chi connectivity index (χ2v) is 9.32. The first-order valence-corrected chi connectivity index (χ1v) is 11.5. The molecule has 1 N–H and O–H groups in total. The minimum atomic E-state index is -0.349. The summed E-state index contributed by atoms with van der Waals surface area (Å²) in [7, 11) is 0. The zero-order chi connectivity index (χ0) is 22.7. The van der Waals surface area contributed by atoms with Crippen molar-refractivity contribution in [2.24, 2.45) is 5.92 Å². The average molecular weight is 449 g/mol. The van der Waals surface area contributed by atoms with Crippen molar-refractivity contribution >= 4 is 29.3 Å². The Bertz CT molecular complexity index is 1160. The van der Waals surface area contributed by atoms with Gasteiger partial charge in [-0.3, -0.25) is 9.59 Å². The molecular formula is C26H25FN2O2S. The van der Waals surface area contributed by atoms with Crippen molar-refractivity contribution in [3.05, 3.63) is 89.2 Å². The highest BCUT2D eigenvalue weighted by atomic mass is 32.2. The summed E-state index contributed by atoms with van der Waals surface area (Å²) in [6.07, 6.45) is 0.895. The fourth-order valence-corrected chi connectivity index (χ4v) is 4.67. The summed E-state index contributed by atoms with van der Waals surface area (Å²) in [4.78, 5) is 29.6. The van der Waals surface area contributed by atoms with Crippen molar-refractivity contribution in [2.75, 3.05) is 11.4 Å². The molecular weight excluding hydrogens is 423 g/mol. The topological polar surface area (TPSA) is 49.4 Å². The minimum absolute atomic E-state index is 0.168. The van der Waals surface area contributed by atoms with Gasteiger partial charge in [-0.05, 0) is 60.4 Å². The van der Waals surface area contributed by atoms with E-state index in [9.17, 15) is 14.0 Å². The summed E-state index contributed by atoms with van der Waals surface area (Å²) in [5, 5.41) is 2.95. The lowest BCUT2D eigenvalue weighted by Crippen LogP contribution is -2.31. The zero-order valence-electron chi connectivity index (χ0n) is 18.1. The molecule has 1 heterocycles. The van der Waals surface area contributed by atoms with E-state index in [1.54, 1.807) is 35.2 Å². The monoisotopic (exact) mass is 448 g/mol. The second-order valence-electron chi connectivity index (χ2n) is 8.24. The quantitative estimate of drug-likeness (QED) is 0.510. The highest BCUT2D eigenvalue weighted by molar-refractivity contribution is 7.99. The highest BCUT2D eigenvalue weighted by Crippen LogP contribution is 2.42. The van der Waals surface area contributed by atoms with E-state index in [2.05, 4.69) is 19.2 Å². The van der Waals surface area contributed by atoms with E-state index in [4.69, 9.17) is 0 Å². The Morgan fingerprint density at radius 2 is 1.84 bits per heavy atom. The fourth-order valence-electron chi connectivity index (χ4n) is 3.61. The van der Waals surface area contributed by atoms with Gasteiger partial charge in [0.05, 0.1) is 17.8 Å². The summed E-state index contributed by atoms with van der Waals surface area (Å²) < 4.78 is 13.8. The molecule has 0 saturated carbocycles. The van der Waals surface area contributed by atoms with Gasteiger partial charge < -0.3 is 10.2 Å². The van der Waals surface area contributed by atoms with E-state index in [-0.39, 0.29) is 24.2 Å². The lowest BCUT2D eigenvalue weighted by Gasteiger charge is -2.24. The molecule has 0 aromatic heterocycles. The van der Waals surface area contributed by atoms with Crippen LogP contribution in [-0.2, 0) is 6.54 Å². The molecule has 1 aliphatic heterocycles. The normalized spacial score (nSPS) is 12.9. The predicted molar refractivity (Wildman–Crippen MR) is 126 cm³/mol. The third-order valence-corrected chi connectivity index (χ3v) is 6.47. The molecule has 4 nitrogen and oxygen atoms in total. The fraction of sp³-hybridized carbons (Fsp3) is 0.231. The Hall–Kier alpha value is -3.12. The van der Waals surface area contributed by atoms with E-state index in [0.717, 1.165) is 16.2 Å². The number of fused-ring (bicyclic) bond motifs is 2. The van der Waals surface area contributed by atoms with Gasteiger partial charge in [-0.1, -0.05) is 49.9 Å². The molecule has 0 radical (unpaired) electrons. The van der Waals surface area contributed by atoms with Crippen molar-refractivity contribution in [3.63, 3.8) is 0 Å². The minimum Gasteiger partial charge on any atom is -0.352 e. The summed E-state index contributed by atoms with van der Waals surface area (Å²) >= 11 is 1.50. The number of nitrogens with one attached hydrogen (secondary N) is 1.